The van der Waals surface area contributed by atoms with Crippen molar-refractivity contribution in [3.05, 3.63) is 70.8 Å². The van der Waals surface area contributed by atoms with Crippen LogP contribution in [0.1, 0.15) is 57.7 Å². The first-order valence-electron chi connectivity index (χ1n) is 9.27. The van der Waals surface area contributed by atoms with Crippen LogP contribution in [-0.4, -0.2) is 31.1 Å². The van der Waals surface area contributed by atoms with E-state index < -0.39 is 18.0 Å². The molecule has 6 nitrogen and oxygen atoms in total. The summed E-state index contributed by atoms with van der Waals surface area (Å²) < 4.78 is 9.91. The molecule has 2 unspecified atom stereocenters. The second-order valence-electron chi connectivity index (χ2n) is 6.77. The molecule has 146 valence electrons. The van der Waals surface area contributed by atoms with E-state index in [9.17, 15) is 14.4 Å². The van der Waals surface area contributed by atoms with Crippen LogP contribution in [0.5, 0.6) is 0 Å². The van der Waals surface area contributed by atoms with Gasteiger partial charge in [0.05, 0.1) is 24.3 Å². The predicted octanol–water partition coefficient (Wildman–Crippen LogP) is 3.21. The Morgan fingerprint density at radius 1 is 1.00 bits per heavy atom. The number of hydrogen-bond donors (Lipinski definition) is 1. The van der Waals surface area contributed by atoms with Crippen molar-refractivity contribution in [2.24, 2.45) is 0 Å². The molecule has 0 aliphatic heterocycles. The summed E-state index contributed by atoms with van der Waals surface area (Å²) in [5.41, 5.74) is 2.96. The second kappa shape index (κ2) is 8.69. The monoisotopic (exact) mass is 381 g/mol. The van der Waals surface area contributed by atoms with Gasteiger partial charge in [0.25, 0.3) is 5.91 Å². The van der Waals surface area contributed by atoms with Gasteiger partial charge in [0.15, 0.2) is 6.10 Å². The minimum absolute atomic E-state index is 0.0714. The van der Waals surface area contributed by atoms with Crippen LogP contribution in [0, 0.1) is 0 Å². The summed E-state index contributed by atoms with van der Waals surface area (Å²) in [6.45, 7) is 1.55. The van der Waals surface area contributed by atoms with Gasteiger partial charge in [-0.3, -0.25) is 4.79 Å². The van der Waals surface area contributed by atoms with E-state index in [-0.39, 0.29) is 17.5 Å². The zero-order valence-corrected chi connectivity index (χ0v) is 15.9. The molecular weight excluding hydrogens is 358 g/mol. The van der Waals surface area contributed by atoms with E-state index in [2.05, 4.69) is 16.1 Å². The molecule has 0 heterocycles. The molecule has 1 aliphatic rings. The Morgan fingerprint density at radius 3 is 2.32 bits per heavy atom. The number of amides is 1. The molecular formula is C22H23NO5. The molecule has 3 rings (SSSR count). The summed E-state index contributed by atoms with van der Waals surface area (Å²) in [4.78, 5) is 36.3. The Kier molecular flexibility index (Phi) is 6.09. The molecule has 0 bridgehead atoms. The third-order valence-electron chi connectivity index (χ3n) is 4.88. The Hall–Kier alpha value is -3.15. The number of carbonyl (C=O) groups excluding carboxylic acids is 3. The zero-order valence-electron chi connectivity index (χ0n) is 15.9. The van der Waals surface area contributed by atoms with Gasteiger partial charge in [-0.25, -0.2) is 9.59 Å². The number of esters is 2. The first kappa shape index (κ1) is 19.6. The number of fused-ring (bicyclic) bond motifs is 1. The van der Waals surface area contributed by atoms with Crippen LogP contribution in [0.4, 0.5) is 0 Å². The SMILES string of the molecule is COC(=O)c1ccc(C(=O)OC(C)C(=O)NC2CCCc3ccccc32)cc1. The predicted molar refractivity (Wildman–Crippen MR) is 103 cm³/mol. The maximum absolute atomic E-state index is 12.5. The maximum atomic E-state index is 12.5. The lowest BCUT2D eigenvalue weighted by Gasteiger charge is -2.27. The smallest absolute Gasteiger partial charge is 0.338 e. The van der Waals surface area contributed by atoms with Gasteiger partial charge in [-0.2, -0.15) is 0 Å². The molecule has 0 saturated carbocycles. The number of benzene rings is 2. The summed E-state index contributed by atoms with van der Waals surface area (Å²) in [7, 11) is 1.29. The molecule has 2 aromatic rings. The summed E-state index contributed by atoms with van der Waals surface area (Å²) in [6, 6.07) is 13.9. The molecule has 0 fully saturated rings. The number of aryl methyl sites for hydroxylation is 1. The van der Waals surface area contributed by atoms with Crippen LogP contribution in [-0.2, 0) is 20.7 Å². The van der Waals surface area contributed by atoms with E-state index in [1.54, 1.807) is 6.92 Å². The normalized spacial score (nSPS) is 16.4. The highest BCUT2D eigenvalue weighted by Gasteiger charge is 2.25. The van der Waals surface area contributed by atoms with Crippen LogP contribution in [0.15, 0.2) is 48.5 Å². The average Bonchev–Trinajstić information content (AvgIpc) is 2.73. The minimum atomic E-state index is -0.929. The highest BCUT2D eigenvalue weighted by Crippen LogP contribution is 2.29. The fraction of sp³-hybridized carbons (Fsp3) is 0.318. The van der Waals surface area contributed by atoms with E-state index in [0.29, 0.717) is 5.56 Å². The molecule has 1 aliphatic carbocycles. The van der Waals surface area contributed by atoms with Crippen molar-refractivity contribution in [3.63, 3.8) is 0 Å². The second-order valence-corrected chi connectivity index (χ2v) is 6.77. The summed E-state index contributed by atoms with van der Waals surface area (Å²) in [5.74, 6) is -1.44. The van der Waals surface area contributed by atoms with Gasteiger partial charge in [0, 0.05) is 0 Å². The lowest BCUT2D eigenvalue weighted by Crippen LogP contribution is -2.39. The topological polar surface area (TPSA) is 81.7 Å². The molecule has 28 heavy (non-hydrogen) atoms. The van der Waals surface area contributed by atoms with Gasteiger partial charge in [-0.05, 0) is 61.6 Å². The van der Waals surface area contributed by atoms with Crippen LogP contribution in [0.3, 0.4) is 0 Å². The zero-order chi connectivity index (χ0) is 20.1. The molecule has 1 amide bonds. The third kappa shape index (κ3) is 4.39. The largest absolute Gasteiger partial charge is 0.465 e. The van der Waals surface area contributed by atoms with Crippen molar-refractivity contribution in [2.45, 2.75) is 38.3 Å². The lowest BCUT2D eigenvalue weighted by atomic mass is 9.87. The molecule has 2 atom stereocenters. The third-order valence-corrected chi connectivity index (χ3v) is 4.88. The van der Waals surface area contributed by atoms with Crippen molar-refractivity contribution in [1.82, 2.24) is 5.32 Å². The number of methoxy groups -OCH3 is 1. The highest BCUT2D eigenvalue weighted by atomic mass is 16.5. The summed E-state index contributed by atoms with van der Waals surface area (Å²) in [5, 5.41) is 2.99. The van der Waals surface area contributed by atoms with Gasteiger partial charge in [-0.1, -0.05) is 24.3 Å². The Balaban J connectivity index is 1.60. The van der Waals surface area contributed by atoms with Crippen LogP contribution < -0.4 is 5.32 Å². The van der Waals surface area contributed by atoms with Crippen LogP contribution in [0.25, 0.3) is 0 Å². The van der Waals surface area contributed by atoms with Crippen molar-refractivity contribution < 1.29 is 23.9 Å². The number of nitrogens with one attached hydrogen (secondary N) is 1. The summed E-state index contributed by atoms with van der Waals surface area (Å²) in [6.07, 6.45) is 1.94. The van der Waals surface area contributed by atoms with Crippen molar-refractivity contribution in [3.8, 4) is 0 Å². The van der Waals surface area contributed by atoms with Crippen LogP contribution >= 0.6 is 0 Å². The van der Waals surface area contributed by atoms with E-state index >= 15 is 0 Å². The van der Waals surface area contributed by atoms with E-state index in [1.165, 1.54) is 36.9 Å². The number of carbonyl (C=O) groups is 3. The first-order chi connectivity index (χ1) is 13.5. The molecule has 0 radical (unpaired) electrons. The molecule has 0 spiro atoms. The molecule has 6 heteroatoms. The minimum Gasteiger partial charge on any atom is -0.465 e. The number of rotatable bonds is 5. The molecule has 0 aromatic heterocycles. The summed E-state index contributed by atoms with van der Waals surface area (Å²) >= 11 is 0. The molecule has 0 saturated heterocycles. The molecule has 1 N–H and O–H groups in total. The molecule has 2 aromatic carbocycles. The van der Waals surface area contributed by atoms with Gasteiger partial charge in [0.2, 0.25) is 0 Å². The van der Waals surface area contributed by atoms with Crippen molar-refractivity contribution in [1.29, 1.82) is 0 Å². The Labute approximate surface area is 163 Å². The van der Waals surface area contributed by atoms with Gasteiger partial charge in [-0.15, -0.1) is 0 Å². The van der Waals surface area contributed by atoms with E-state index in [4.69, 9.17) is 4.74 Å². The number of ether oxygens (including phenoxy) is 2. The van der Waals surface area contributed by atoms with Crippen LogP contribution in [0.2, 0.25) is 0 Å². The average molecular weight is 381 g/mol. The fourth-order valence-electron chi connectivity index (χ4n) is 3.34. The standard InChI is InChI=1S/C22H23NO5/c1-14(28-22(26)17-12-10-16(11-13-17)21(25)27-2)20(24)23-19-9-5-7-15-6-3-4-8-18(15)19/h3-4,6,8,10-14,19H,5,7,9H2,1-2H3,(H,23,24). The van der Waals surface area contributed by atoms with Gasteiger partial charge in [0.1, 0.15) is 0 Å². The first-order valence-corrected chi connectivity index (χ1v) is 9.27. The van der Waals surface area contributed by atoms with Gasteiger partial charge >= 0.3 is 11.9 Å². The Bertz CT molecular complexity index is 875. The van der Waals surface area contributed by atoms with Crippen molar-refractivity contribution >= 4 is 17.8 Å². The van der Waals surface area contributed by atoms with E-state index in [0.717, 1.165) is 24.8 Å². The van der Waals surface area contributed by atoms with Gasteiger partial charge < -0.3 is 14.8 Å². The highest BCUT2D eigenvalue weighted by molar-refractivity contribution is 5.94. The van der Waals surface area contributed by atoms with E-state index in [1.807, 2.05) is 18.2 Å². The van der Waals surface area contributed by atoms with Crippen molar-refractivity contribution in [2.75, 3.05) is 7.11 Å². The Morgan fingerprint density at radius 2 is 1.64 bits per heavy atom. The number of hydrogen-bond acceptors (Lipinski definition) is 5. The quantitative estimate of drug-likeness (QED) is 0.805. The lowest BCUT2D eigenvalue weighted by molar-refractivity contribution is -0.130. The maximum Gasteiger partial charge on any atom is 0.338 e. The fourth-order valence-corrected chi connectivity index (χ4v) is 3.34.